The Kier molecular flexibility index (Phi) is 5.65. The van der Waals surface area contributed by atoms with E-state index in [0.717, 1.165) is 9.13 Å². The van der Waals surface area contributed by atoms with Crippen LogP contribution in [0.3, 0.4) is 0 Å². The first-order chi connectivity index (χ1) is 10.6. The lowest BCUT2D eigenvalue weighted by molar-refractivity contribution is -0.120. The van der Waals surface area contributed by atoms with Crippen molar-refractivity contribution in [3.8, 4) is 0 Å². The number of nitrogens with zero attached hydrogens (tertiary/aromatic N) is 1. The number of carbonyl (C=O) groups excluding carboxylic acids is 2. The molecule has 5 nitrogen and oxygen atoms in total. The van der Waals surface area contributed by atoms with Crippen molar-refractivity contribution in [1.29, 1.82) is 0 Å². The number of nitrogens with one attached hydrogen (secondary N) is 2. The molecule has 0 bridgehead atoms. The second-order valence-corrected chi connectivity index (χ2v) is 5.62. The molecule has 2 N–H and O–H groups in total. The minimum absolute atomic E-state index is 0.167. The molecule has 2 amide bonds. The molecule has 0 spiro atoms. The Labute approximate surface area is 142 Å². The maximum atomic E-state index is 12.4. The quantitative estimate of drug-likeness (QED) is 0.605. The van der Waals surface area contributed by atoms with Gasteiger partial charge in [-0.3, -0.25) is 14.6 Å². The summed E-state index contributed by atoms with van der Waals surface area (Å²) in [4.78, 5) is 27.7. The summed E-state index contributed by atoms with van der Waals surface area (Å²) in [5.41, 5.74) is 1.58. The van der Waals surface area contributed by atoms with Gasteiger partial charge < -0.3 is 10.6 Å². The fourth-order valence-corrected chi connectivity index (χ4v) is 2.25. The largest absolute Gasteiger partial charge is 0.322 e. The predicted octanol–water partition coefficient (Wildman–Crippen LogP) is 2.80. The van der Waals surface area contributed by atoms with Crippen LogP contribution in [0.5, 0.6) is 0 Å². The lowest BCUT2D eigenvalue weighted by atomic mass is 10.2. The highest BCUT2D eigenvalue weighted by Crippen LogP contribution is 2.17. The highest BCUT2D eigenvalue weighted by molar-refractivity contribution is 14.1. The maximum absolute atomic E-state index is 12.4. The molecule has 22 heavy (non-hydrogen) atoms. The topological polar surface area (TPSA) is 71.1 Å². The van der Waals surface area contributed by atoms with Crippen LogP contribution < -0.4 is 10.6 Å². The van der Waals surface area contributed by atoms with Gasteiger partial charge in [-0.1, -0.05) is 18.2 Å². The van der Waals surface area contributed by atoms with E-state index in [9.17, 15) is 9.59 Å². The molecule has 0 atom stereocenters. The first kappa shape index (κ1) is 16.2. The van der Waals surface area contributed by atoms with Crippen molar-refractivity contribution in [2.24, 2.45) is 0 Å². The van der Waals surface area contributed by atoms with Crippen LogP contribution in [0.2, 0.25) is 0 Å². The van der Waals surface area contributed by atoms with E-state index in [2.05, 4.69) is 38.2 Å². The Morgan fingerprint density at radius 2 is 1.95 bits per heavy atom. The summed E-state index contributed by atoms with van der Waals surface area (Å²) in [5, 5.41) is 5.33. The van der Waals surface area contributed by atoms with E-state index in [1.807, 2.05) is 18.2 Å². The smallest absolute Gasteiger partial charge is 0.272 e. The average Bonchev–Trinajstić information content (AvgIpc) is 2.49. The van der Waals surface area contributed by atoms with Gasteiger partial charge in [0.1, 0.15) is 5.70 Å². The molecule has 0 saturated carbocycles. The number of anilines is 1. The number of aromatic nitrogens is 1. The summed E-state index contributed by atoms with van der Waals surface area (Å²) in [6, 6.07) is 11.0. The van der Waals surface area contributed by atoms with Crippen LogP contribution in [-0.2, 0) is 9.59 Å². The molecule has 2 rings (SSSR count). The molecule has 6 heteroatoms. The summed E-state index contributed by atoms with van der Waals surface area (Å²) >= 11 is 2.13. The molecule has 1 aromatic heterocycles. The van der Waals surface area contributed by atoms with E-state index < -0.39 is 0 Å². The number of rotatable bonds is 4. The zero-order valence-electron chi connectivity index (χ0n) is 11.8. The summed E-state index contributed by atoms with van der Waals surface area (Å²) < 4.78 is 0.914. The molecule has 0 radical (unpaired) electrons. The van der Waals surface area contributed by atoms with Crippen molar-refractivity contribution in [1.82, 2.24) is 10.3 Å². The van der Waals surface area contributed by atoms with Gasteiger partial charge in [0, 0.05) is 22.9 Å². The zero-order valence-corrected chi connectivity index (χ0v) is 14.0. The average molecular weight is 407 g/mol. The van der Waals surface area contributed by atoms with E-state index in [-0.39, 0.29) is 17.5 Å². The summed E-state index contributed by atoms with van der Waals surface area (Å²) in [7, 11) is 0. The molecule has 0 aliphatic heterocycles. The van der Waals surface area contributed by atoms with Crippen molar-refractivity contribution < 1.29 is 9.59 Å². The van der Waals surface area contributed by atoms with Gasteiger partial charge in [-0.05, 0) is 52.4 Å². The number of para-hydroxylation sites is 1. The van der Waals surface area contributed by atoms with Gasteiger partial charge >= 0.3 is 0 Å². The second kappa shape index (κ2) is 7.69. The third-order valence-corrected chi connectivity index (χ3v) is 3.61. The van der Waals surface area contributed by atoms with Gasteiger partial charge in [0.15, 0.2) is 0 Å². The number of halogens is 1. The molecular formula is C16H14IN3O2. The maximum Gasteiger partial charge on any atom is 0.272 e. The third-order valence-electron chi connectivity index (χ3n) is 2.67. The standard InChI is InChI=1S/C16H14IN3O2/c1-11(21)19-15(9-12-5-4-8-18-10-12)16(22)20-14-7-3-2-6-13(14)17/h2-10H,1H3,(H,19,21)(H,20,22)/b15-9+. The minimum Gasteiger partial charge on any atom is -0.322 e. The van der Waals surface area contributed by atoms with Crippen molar-refractivity contribution in [2.45, 2.75) is 6.92 Å². The van der Waals surface area contributed by atoms with Crippen molar-refractivity contribution in [3.63, 3.8) is 0 Å². The number of carbonyl (C=O) groups is 2. The molecule has 0 aliphatic rings. The Morgan fingerprint density at radius 3 is 2.59 bits per heavy atom. The van der Waals surface area contributed by atoms with Crippen LogP contribution in [0.15, 0.2) is 54.5 Å². The van der Waals surface area contributed by atoms with Gasteiger partial charge in [-0.15, -0.1) is 0 Å². The van der Waals surface area contributed by atoms with Crippen molar-refractivity contribution in [3.05, 3.63) is 63.6 Å². The molecule has 112 valence electrons. The van der Waals surface area contributed by atoms with Crippen LogP contribution in [-0.4, -0.2) is 16.8 Å². The Balaban J connectivity index is 2.26. The summed E-state index contributed by atoms with van der Waals surface area (Å²) in [5.74, 6) is -0.698. The highest BCUT2D eigenvalue weighted by atomic mass is 127. The molecule has 0 saturated heterocycles. The predicted molar refractivity (Wildman–Crippen MR) is 93.8 cm³/mol. The first-order valence-electron chi connectivity index (χ1n) is 6.51. The van der Waals surface area contributed by atoms with Crippen LogP contribution in [0.4, 0.5) is 5.69 Å². The number of amides is 2. The van der Waals surface area contributed by atoms with Crippen LogP contribution in [0, 0.1) is 3.57 Å². The lowest BCUT2D eigenvalue weighted by Crippen LogP contribution is -2.29. The second-order valence-electron chi connectivity index (χ2n) is 4.46. The normalized spacial score (nSPS) is 10.9. The Hall–Kier alpha value is -2.22. The molecular weight excluding hydrogens is 393 g/mol. The molecule has 1 heterocycles. The van der Waals surface area contributed by atoms with Gasteiger partial charge in [0.05, 0.1) is 5.69 Å². The van der Waals surface area contributed by atoms with Crippen molar-refractivity contribution >= 4 is 46.2 Å². The molecule has 2 aromatic rings. The fourth-order valence-electron chi connectivity index (χ4n) is 1.73. The minimum atomic E-state index is -0.386. The van der Waals surface area contributed by atoms with E-state index in [1.54, 1.807) is 36.7 Å². The van der Waals surface area contributed by atoms with E-state index in [1.165, 1.54) is 6.92 Å². The molecule has 0 fully saturated rings. The number of hydrogen-bond donors (Lipinski definition) is 2. The fraction of sp³-hybridized carbons (Fsp3) is 0.0625. The summed E-state index contributed by atoms with van der Waals surface area (Å²) in [6.07, 6.45) is 4.84. The zero-order chi connectivity index (χ0) is 15.9. The number of benzene rings is 1. The Morgan fingerprint density at radius 1 is 1.18 bits per heavy atom. The van der Waals surface area contributed by atoms with E-state index >= 15 is 0 Å². The SMILES string of the molecule is CC(=O)N/C(=C/c1cccnc1)C(=O)Nc1ccccc1I. The van der Waals surface area contributed by atoms with Crippen LogP contribution in [0.1, 0.15) is 12.5 Å². The number of pyridine rings is 1. The lowest BCUT2D eigenvalue weighted by Gasteiger charge is -2.11. The number of hydrogen-bond acceptors (Lipinski definition) is 3. The van der Waals surface area contributed by atoms with Crippen molar-refractivity contribution in [2.75, 3.05) is 5.32 Å². The molecule has 0 unspecified atom stereocenters. The van der Waals surface area contributed by atoms with Crippen LogP contribution in [0.25, 0.3) is 6.08 Å². The third kappa shape index (κ3) is 4.66. The van der Waals surface area contributed by atoms with E-state index in [0.29, 0.717) is 5.69 Å². The summed E-state index contributed by atoms with van der Waals surface area (Å²) in [6.45, 7) is 1.36. The van der Waals surface area contributed by atoms with Gasteiger partial charge in [0.2, 0.25) is 5.91 Å². The van der Waals surface area contributed by atoms with E-state index in [4.69, 9.17) is 0 Å². The monoisotopic (exact) mass is 407 g/mol. The molecule has 0 aliphatic carbocycles. The van der Waals surface area contributed by atoms with Gasteiger partial charge in [0.25, 0.3) is 5.91 Å². The Bertz CT molecular complexity index is 714. The van der Waals surface area contributed by atoms with Gasteiger partial charge in [-0.2, -0.15) is 0 Å². The highest BCUT2D eigenvalue weighted by Gasteiger charge is 2.12. The van der Waals surface area contributed by atoms with Gasteiger partial charge in [-0.25, -0.2) is 0 Å². The first-order valence-corrected chi connectivity index (χ1v) is 7.59. The van der Waals surface area contributed by atoms with Crippen LogP contribution >= 0.6 is 22.6 Å². The molecule has 1 aromatic carbocycles.